The first kappa shape index (κ1) is 18.7. The predicted molar refractivity (Wildman–Crippen MR) is 108 cm³/mol. The van der Waals surface area contributed by atoms with Crippen molar-refractivity contribution in [3.63, 3.8) is 0 Å². The molecule has 2 aromatic rings. The van der Waals surface area contributed by atoms with Gasteiger partial charge in [0.25, 0.3) is 0 Å². The van der Waals surface area contributed by atoms with Crippen molar-refractivity contribution in [1.82, 2.24) is 0 Å². The number of hydrogen-bond donors (Lipinski definition) is 0. The Morgan fingerprint density at radius 2 is 1.08 bits per heavy atom. The van der Waals surface area contributed by atoms with Crippen LogP contribution in [0.1, 0.15) is 34.5 Å². The zero-order valence-electron chi connectivity index (χ0n) is 14.7. The highest BCUT2D eigenvalue weighted by molar-refractivity contribution is 5.35. The van der Waals surface area contributed by atoms with Crippen LogP contribution in [0.5, 0.6) is 0 Å². The average molecular weight is 330 g/mol. The van der Waals surface area contributed by atoms with E-state index in [1.165, 1.54) is 11.1 Å². The van der Waals surface area contributed by atoms with Gasteiger partial charge in [0, 0.05) is 0 Å². The first-order chi connectivity index (χ1) is 12.2. The van der Waals surface area contributed by atoms with Crippen molar-refractivity contribution in [1.29, 1.82) is 0 Å². The topological polar surface area (TPSA) is 9.23 Å². The van der Waals surface area contributed by atoms with Crippen LogP contribution in [0.25, 0.3) is 0 Å². The van der Waals surface area contributed by atoms with Gasteiger partial charge in [-0.2, -0.15) is 0 Å². The molecule has 0 saturated heterocycles. The Kier molecular flexibility index (Phi) is 7.18. The maximum absolute atomic E-state index is 6.39. The van der Waals surface area contributed by atoms with Crippen LogP contribution in [0.2, 0.25) is 0 Å². The van der Waals surface area contributed by atoms with E-state index in [4.69, 9.17) is 4.74 Å². The van der Waals surface area contributed by atoms with E-state index >= 15 is 0 Å². The lowest BCUT2D eigenvalue weighted by Gasteiger charge is -2.24. The SMILES string of the molecule is C=CCc1ccccc1C(C=C)OC(C=C)c1ccccc1CC=C. The molecule has 0 aliphatic rings. The van der Waals surface area contributed by atoms with Gasteiger partial charge in [-0.3, -0.25) is 0 Å². The molecular formula is C24H26O. The molecule has 0 saturated carbocycles. The Hall–Kier alpha value is -2.64. The second-order valence-electron chi connectivity index (χ2n) is 5.83. The number of benzene rings is 2. The summed E-state index contributed by atoms with van der Waals surface area (Å²) in [6, 6.07) is 16.5. The smallest absolute Gasteiger partial charge is 0.102 e. The van der Waals surface area contributed by atoms with E-state index in [9.17, 15) is 0 Å². The lowest BCUT2D eigenvalue weighted by molar-refractivity contribution is 0.0395. The van der Waals surface area contributed by atoms with Crippen LogP contribution in [-0.4, -0.2) is 0 Å². The fraction of sp³-hybridized carbons (Fsp3) is 0.167. The molecule has 2 unspecified atom stereocenters. The van der Waals surface area contributed by atoms with Crippen LogP contribution in [0.4, 0.5) is 0 Å². The molecule has 0 heterocycles. The van der Waals surface area contributed by atoms with Crippen molar-refractivity contribution in [3.8, 4) is 0 Å². The summed E-state index contributed by atoms with van der Waals surface area (Å²) in [5.74, 6) is 0. The third-order valence-electron chi connectivity index (χ3n) is 4.17. The Balaban J connectivity index is 2.34. The zero-order valence-corrected chi connectivity index (χ0v) is 14.7. The molecule has 25 heavy (non-hydrogen) atoms. The molecule has 0 aromatic heterocycles. The highest BCUT2D eigenvalue weighted by atomic mass is 16.5. The Bertz CT molecular complexity index is 678. The summed E-state index contributed by atoms with van der Waals surface area (Å²) < 4.78 is 6.39. The van der Waals surface area contributed by atoms with Gasteiger partial charge in [-0.1, -0.05) is 72.8 Å². The van der Waals surface area contributed by atoms with Gasteiger partial charge in [0.1, 0.15) is 12.2 Å². The Labute approximate surface area is 151 Å². The molecule has 128 valence electrons. The van der Waals surface area contributed by atoms with Crippen LogP contribution < -0.4 is 0 Å². The molecule has 0 amide bonds. The molecule has 1 nitrogen and oxygen atoms in total. The van der Waals surface area contributed by atoms with Crippen LogP contribution in [0.15, 0.2) is 99.2 Å². The van der Waals surface area contributed by atoms with Gasteiger partial charge in [-0.05, 0) is 35.1 Å². The molecule has 0 N–H and O–H groups in total. The third-order valence-corrected chi connectivity index (χ3v) is 4.17. The molecule has 0 bridgehead atoms. The molecule has 0 fully saturated rings. The van der Waals surface area contributed by atoms with E-state index < -0.39 is 0 Å². The van der Waals surface area contributed by atoms with Crippen molar-refractivity contribution >= 4 is 0 Å². The molecule has 2 rings (SSSR count). The van der Waals surface area contributed by atoms with Crippen molar-refractivity contribution in [2.75, 3.05) is 0 Å². The second kappa shape index (κ2) is 9.61. The van der Waals surface area contributed by atoms with E-state index in [-0.39, 0.29) is 12.2 Å². The zero-order chi connectivity index (χ0) is 18.1. The molecule has 2 aromatic carbocycles. The molecule has 2 atom stereocenters. The first-order valence-corrected chi connectivity index (χ1v) is 8.53. The molecule has 0 aliphatic heterocycles. The van der Waals surface area contributed by atoms with Crippen LogP contribution in [-0.2, 0) is 17.6 Å². The fourth-order valence-electron chi connectivity index (χ4n) is 2.98. The summed E-state index contributed by atoms with van der Waals surface area (Å²) in [7, 11) is 0. The van der Waals surface area contributed by atoms with Gasteiger partial charge in [0.2, 0.25) is 0 Å². The lowest BCUT2D eigenvalue weighted by atomic mass is 9.97. The summed E-state index contributed by atoms with van der Waals surface area (Å²) in [5, 5.41) is 0. The van der Waals surface area contributed by atoms with Gasteiger partial charge in [-0.15, -0.1) is 26.3 Å². The van der Waals surface area contributed by atoms with Crippen LogP contribution in [0, 0.1) is 0 Å². The molecule has 0 aliphatic carbocycles. The molecular weight excluding hydrogens is 304 g/mol. The monoisotopic (exact) mass is 330 g/mol. The molecule has 1 heteroatoms. The summed E-state index contributed by atoms with van der Waals surface area (Å²) in [6.45, 7) is 15.6. The summed E-state index contributed by atoms with van der Waals surface area (Å²) in [6.07, 6.45) is 8.67. The van der Waals surface area contributed by atoms with Gasteiger partial charge < -0.3 is 4.74 Å². The predicted octanol–water partition coefficient (Wildman–Crippen LogP) is 6.31. The minimum Gasteiger partial charge on any atom is -0.357 e. The van der Waals surface area contributed by atoms with Crippen LogP contribution in [0.3, 0.4) is 0 Å². The second-order valence-corrected chi connectivity index (χ2v) is 5.83. The van der Waals surface area contributed by atoms with Crippen molar-refractivity contribution in [2.24, 2.45) is 0 Å². The maximum atomic E-state index is 6.39. The van der Waals surface area contributed by atoms with Crippen molar-refractivity contribution < 1.29 is 4.74 Å². The Morgan fingerprint density at radius 3 is 1.44 bits per heavy atom. The highest BCUT2D eigenvalue weighted by Crippen LogP contribution is 2.32. The van der Waals surface area contributed by atoms with Crippen molar-refractivity contribution in [3.05, 3.63) is 121 Å². The van der Waals surface area contributed by atoms with Gasteiger partial charge in [0.15, 0.2) is 0 Å². The van der Waals surface area contributed by atoms with Gasteiger partial charge in [-0.25, -0.2) is 0 Å². The van der Waals surface area contributed by atoms with E-state index in [1.54, 1.807) is 0 Å². The molecule has 0 spiro atoms. The quantitative estimate of drug-likeness (QED) is 0.463. The normalized spacial score (nSPS) is 12.8. The van der Waals surface area contributed by atoms with E-state index in [1.807, 2.05) is 48.6 Å². The number of rotatable bonds is 10. The molecule has 0 radical (unpaired) electrons. The van der Waals surface area contributed by atoms with E-state index in [0.29, 0.717) is 0 Å². The number of allylic oxidation sites excluding steroid dienone is 2. The average Bonchev–Trinajstić information content (AvgIpc) is 2.65. The standard InChI is InChI=1S/C24H26O/c1-5-13-19-15-9-11-17-21(19)23(7-3)25-24(8-4)22-18-12-10-16-20(22)14-6-2/h5-12,15-18,23-24H,1-4,13-14H2. The van der Waals surface area contributed by atoms with E-state index in [0.717, 1.165) is 24.0 Å². The lowest BCUT2D eigenvalue weighted by Crippen LogP contribution is -2.10. The fourth-order valence-corrected chi connectivity index (χ4v) is 2.98. The number of ether oxygens (including phenoxy) is 1. The third kappa shape index (κ3) is 4.68. The first-order valence-electron chi connectivity index (χ1n) is 8.53. The maximum Gasteiger partial charge on any atom is 0.102 e. The number of hydrogen-bond acceptors (Lipinski definition) is 1. The van der Waals surface area contributed by atoms with Gasteiger partial charge >= 0.3 is 0 Å². The largest absolute Gasteiger partial charge is 0.357 e. The minimum atomic E-state index is -0.212. The summed E-state index contributed by atoms with van der Waals surface area (Å²) >= 11 is 0. The van der Waals surface area contributed by atoms with E-state index in [2.05, 4.69) is 50.6 Å². The Morgan fingerprint density at radius 1 is 0.680 bits per heavy atom. The summed E-state index contributed by atoms with van der Waals surface area (Å²) in [5.41, 5.74) is 4.63. The van der Waals surface area contributed by atoms with Crippen LogP contribution >= 0.6 is 0 Å². The van der Waals surface area contributed by atoms with Crippen molar-refractivity contribution in [2.45, 2.75) is 25.0 Å². The van der Waals surface area contributed by atoms with Gasteiger partial charge in [0.05, 0.1) is 0 Å². The summed E-state index contributed by atoms with van der Waals surface area (Å²) in [4.78, 5) is 0. The minimum absolute atomic E-state index is 0.212. The highest BCUT2D eigenvalue weighted by Gasteiger charge is 2.19.